The Labute approximate surface area is 111 Å². The maximum atomic E-state index is 11.7. The first-order chi connectivity index (χ1) is 9.18. The van der Waals surface area contributed by atoms with Crippen molar-refractivity contribution in [1.29, 1.82) is 0 Å². The van der Waals surface area contributed by atoms with Gasteiger partial charge in [0.05, 0.1) is 12.4 Å². The fourth-order valence-electron chi connectivity index (χ4n) is 1.87. The molecular weight excluding hydrogens is 244 g/mol. The molecule has 0 saturated heterocycles. The van der Waals surface area contributed by atoms with Crippen LogP contribution in [0.1, 0.15) is 35.1 Å². The van der Waals surface area contributed by atoms with Crippen molar-refractivity contribution in [3.05, 3.63) is 60.1 Å². The monoisotopic (exact) mass is 260 g/mol. The predicted molar refractivity (Wildman–Crippen MR) is 69.7 cm³/mol. The number of aliphatic hydroxyl groups excluding tert-OH is 2. The van der Waals surface area contributed by atoms with Gasteiger partial charge < -0.3 is 14.6 Å². The Bertz CT molecular complexity index is 504. The van der Waals surface area contributed by atoms with Crippen LogP contribution in [0.5, 0.6) is 0 Å². The molecule has 4 heteroatoms. The molecule has 2 aromatic rings. The average molecular weight is 260 g/mol. The second kappa shape index (κ2) is 6.31. The minimum absolute atomic E-state index is 0.137. The van der Waals surface area contributed by atoms with Crippen molar-refractivity contribution in [2.24, 2.45) is 0 Å². The van der Waals surface area contributed by atoms with Crippen molar-refractivity contribution in [2.45, 2.75) is 25.0 Å². The molecule has 0 aliphatic carbocycles. The van der Waals surface area contributed by atoms with E-state index in [-0.39, 0.29) is 24.4 Å². The summed E-state index contributed by atoms with van der Waals surface area (Å²) in [7, 11) is 0. The van der Waals surface area contributed by atoms with Gasteiger partial charge in [-0.25, -0.2) is 0 Å². The normalized spacial score (nSPS) is 14.0. The molecule has 0 bridgehead atoms. The molecule has 100 valence electrons. The van der Waals surface area contributed by atoms with Crippen LogP contribution in [0, 0.1) is 0 Å². The zero-order chi connectivity index (χ0) is 13.7. The number of Topliss-reactive ketones (excluding diaryl/α,β-unsaturated/α-hetero) is 1. The second-order valence-electron chi connectivity index (χ2n) is 4.36. The molecule has 0 spiro atoms. The molecule has 0 radical (unpaired) electrons. The number of furan rings is 1. The second-order valence-corrected chi connectivity index (χ2v) is 4.36. The van der Waals surface area contributed by atoms with Crippen LogP contribution in [0.3, 0.4) is 0 Å². The molecule has 0 aliphatic heterocycles. The molecule has 4 nitrogen and oxygen atoms in total. The molecule has 1 heterocycles. The fourth-order valence-corrected chi connectivity index (χ4v) is 1.87. The molecule has 1 aromatic carbocycles. The molecule has 0 aliphatic rings. The molecule has 2 N–H and O–H groups in total. The number of carbonyl (C=O) groups is 1. The SMILES string of the molecule is O=C(CC[C@@H](O)[C@H](O)c1ccccc1)c1ccco1. The highest BCUT2D eigenvalue weighted by Crippen LogP contribution is 2.20. The molecule has 19 heavy (non-hydrogen) atoms. The minimum atomic E-state index is -0.981. The molecule has 0 unspecified atom stereocenters. The number of rotatable bonds is 6. The lowest BCUT2D eigenvalue weighted by Crippen LogP contribution is -2.19. The van der Waals surface area contributed by atoms with Gasteiger partial charge in [-0.1, -0.05) is 30.3 Å². The van der Waals surface area contributed by atoms with Gasteiger partial charge in [0.25, 0.3) is 0 Å². The van der Waals surface area contributed by atoms with E-state index in [0.29, 0.717) is 5.56 Å². The van der Waals surface area contributed by atoms with E-state index >= 15 is 0 Å². The van der Waals surface area contributed by atoms with Gasteiger partial charge in [0.15, 0.2) is 11.5 Å². The largest absolute Gasteiger partial charge is 0.461 e. The summed E-state index contributed by atoms with van der Waals surface area (Å²) in [6.45, 7) is 0. The Hall–Kier alpha value is -1.91. The van der Waals surface area contributed by atoms with Gasteiger partial charge in [0, 0.05) is 6.42 Å². The van der Waals surface area contributed by atoms with E-state index in [2.05, 4.69) is 0 Å². The van der Waals surface area contributed by atoms with E-state index < -0.39 is 12.2 Å². The summed E-state index contributed by atoms with van der Waals surface area (Å²) in [5, 5.41) is 19.8. The van der Waals surface area contributed by atoms with Crippen molar-refractivity contribution < 1.29 is 19.4 Å². The van der Waals surface area contributed by atoms with E-state index in [9.17, 15) is 15.0 Å². The third kappa shape index (κ3) is 3.53. The van der Waals surface area contributed by atoms with Crippen molar-refractivity contribution in [3.63, 3.8) is 0 Å². The Morgan fingerprint density at radius 1 is 1.11 bits per heavy atom. The summed E-state index contributed by atoms with van der Waals surface area (Å²) in [5.74, 6) is 0.103. The van der Waals surface area contributed by atoms with Crippen LogP contribution in [0.25, 0.3) is 0 Å². The smallest absolute Gasteiger partial charge is 0.198 e. The van der Waals surface area contributed by atoms with Gasteiger partial charge in [0.2, 0.25) is 0 Å². The van der Waals surface area contributed by atoms with Crippen LogP contribution < -0.4 is 0 Å². The van der Waals surface area contributed by atoms with E-state index in [0.717, 1.165) is 0 Å². The van der Waals surface area contributed by atoms with Gasteiger partial charge in [0.1, 0.15) is 6.10 Å². The van der Waals surface area contributed by atoms with Crippen molar-refractivity contribution in [3.8, 4) is 0 Å². The molecule has 0 amide bonds. The average Bonchev–Trinajstić information content (AvgIpc) is 2.98. The number of benzene rings is 1. The van der Waals surface area contributed by atoms with Gasteiger partial charge in [-0.05, 0) is 24.1 Å². The molecule has 0 saturated carbocycles. The Balaban J connectivity index is 1.88. The number of carbonyl (C=O) groups excluding carboxylic acids is 1. The van der Waals surface area contributed by atoms with E-state index in [1.807, 2.05) is 6.07 Å². The first-order valence-corrected chi connectivity index (χ1v) is 6.16. The van der Waals surface area contributed by atoms with E-state index in [1.165, 1.54) is 6.26 Å². The molecule has 0 fully saturated rings. The summed E-state index contributed by atoms with van der Waals surface area (Å²) in [4.78, 5) is 11.7. The predicted octanol–water partition coefficient (Wildman–Crippen LogP) is 2.34. The number of aliphatic hydroxyl groups is 2. The third-order valence-electron chi connectivity index (χ3n) is 2.97. The molecule has 1 aromatic heterocycles. The highest BCUT2D eigenvalue weighted by atomic mass is 16.3. The topological polar surface area (TPSA) is 70.7 Å². The zero-order valence-corrected chi connectivity index (χ0v) is 10.4. The van der Waals surface area contributed by atoms with Gasteiger partial charge in [-0.2, -0.15) is 0 Å². The summed E-state index contributed by atoms with van der Waals surface area (Å²) in [5.41, 5.74) is 0.639. The Morgan fingerprint density at radius 3 is 2.47 bits per heavy atom. The number of hydrogen-bond acceptors (Lipinski definition) is 4. The standard InChI is InChI=1S/C15H16O4/c16-12(14-7-4-10-19-14)8-9-13(17)15(18)11-5-2-1-3-6-11/h1-7,10,13,15,17-18H,8-9H2/t13-,15-/m1/s1. The lowest BCUT2D eigenvalue weighted by Gasteiger charge is -2.17. The minimum Gasteiger partial charge on any atom is -0.461 e. The molecule has 2 atom stereocenters. The highest BCUT2D eigenvalue weighted by molar-refractivity contribution is 5.93. The van der Waals surface area contributed by atoms with Crippen LogP contribution >= 0.6 is 0 Å². The quantitative estimate of drug-likeness (QED) is 0.782. The number of hydrogen-bond donors (Lipinski definition) is 2. The van der Waals surface area contributed by atoms with Crippen LogP contribution in [0.4, 0.5) is 0 Å². The van der Waals surface area contributed by atoms with Crippen molar-refractivity contribution in [2.75, 3.05) is 0 Å². The highest BCUT2D eigenvalue weighted by Gasteiger charge is 2.20. The van der Waals surface area contributed by atoms with Crippen LogP contribution in [0.15, 0.2) is 53.1 Å². The number of ketones is 1. The lowest BCUT2D eigenvalue weighted by atomic mass is 9.99. The molecular formula is C15H16O4. The van der Waals surface area contributed by atoms with Crippen molar-refractivity contribution >= 4 is 5.78 Å². The Morgan fingerprint density at radius 2 is 1.84 bits per heavy atom. The summed E-state index contributed by atoms with van der Waals surface area (Å²) in [6, 6.07) is 12.1. The zero-order valence-electron chi connectivity index (χ0n) is 10.4. The van der Waals surface area contributed by atoms with Gasteiger partial charge in [-0.15, -0.1) is 0 Å². The van der Waals surface area contributed by atoms with Crippen LogP contribution in [0.2, 0.25) is 0 Å². The van der Waals surface area contributed by atoms with Gasteiger partial charge in [-0.3, -0.25) is 4.79 Å². The van der Waals surface area contributed by atoms with Crippen molar-refractivity contribution in [1.82, 2.24) is 0 Å². The lowest BCUT2D eigenvalue weighted by molar-refractivity contribution is 0.0125. The van der Waals surface area contributed by atoms with Gasteiger partial charge >= 0.3 is 0 Å². The van der Waals surface area contributed by atoms with E-state index in [1.54, 1.807) is 36.4 Å². The van der Waals surface area contributed by atoms with Crippen LogP contribution in [-0.2, 0) is 0 Å². The first-order valence-electron chi connectivity index (χ1n) is 6.16. The fraction of sp³-hybridized carbons (Fsp3) is 0.267. The first kappa shape index (κ1) is 13.5. The molecule has 2 rings (SSSR count). The summed E-state index contributed by atoms with van der Waals surface area (Å²) < 4.78 is 4.98. The maximum Gasteiger partial charge on any atom is 0.198 e. The van der Waals surface area contributed by atoms with Crippen LogP contribution in [-0.4, -0.2) is 22.1 Å². The summed E-state index contributed by atoms with van der Waals surface area (Å²) >= 11 is 0. The maximum absolute atomic E-state index is 11.7. The summed E-state index contributed by atoms with van der Waals surface area (Å²) in [6.07, 6.45) is -0.191. The Kier molecular flexibility index (Phi) is 4.49. The van der Waals surface area contributed by atoms with E-state index in [4.69, 9.17) is 4.42 Å². The third-order valence-corrected chi connectivity index (χ3v) is 2.97.